The standard InChI is InChI=1S/C21H31F3N2O.2ClH/c1-25(2)18-9-12-26(14-18)15-19(20(27)10-4-3-5-11-20)16-7-6-8-17(13-16)21(22,23)24;;/h6-8,13,18-19,27H,3-5,9-12,14-15H2,1-2H3;2*1H/t18-,19?;;/m0../s1. The summed E-state index contributed by atoms with van der Waals surface area (Å²) in [4.78, 5) is 4.51. The highest BCUT2D eigenvalue weighted by atomic mass is 35.5. The molecule has 1 heterocycles. The van der Waals surface area contributed by atoms with Gasteiger partial charge in [0.05, 0.1) is 11.2 Å². The Morgan fingerprint density at radius 3 is 2.38 bits per heavy atom. The van der Waals surface area contributed by atoms with Crippen LogP contribution in [0.4, 0.5) is 13.2 Å². The second kappa shape index (κ2) is 10.7. The van der Waals surface area contributed by atoms with E-state index in [4.69, 9.17) is 0 Å². The van der Waals surface area contributed by atoms with Gasteiger partial charge in [-0.1, -0.05) is 37.5 Å². The number of likely N-dealkylation sites (tertiary alicyclic amines) is 1. The zero-order chi connectivity index (χ0) is 19.7. The van der Waals surface area contributed by atoms with Crippen LogP contribution in [0, 0.1) is 0 Å². The highest BCUT2D eigenvalue weighted by Crippen LogP contribution is 2.42. The van der Waals surface area contributed by atoms with Gasteiger partial charge in [-0.15, -0.1) is 24.8 Å². The van der Waals surface area contributed by atoms with Gasteiger partial charge in [-0.05, 0) is 51.5 Å². The van der Waals surface area contributed by atoms with Gasteiger partial charge in [-0.2, -0.15) is 13.2 Å². The maximum atomic E-state index is 13.2. The predicted octanol–water partition coefficient (Wildman–Crippen LogP) is 4.96. The van der Waals surface area contributed by atoms with Crippen LogP contribution in [-0.2, 0) is 6.18 Å². The SMILES string of the molecule is CN(C)[C@H]1CCN(CC(c2cccc(C(F)(F)F)c2)C2(O)CCCCC2)C1.Cl.Cl. The Morgan fingerprint density at radius 2 is 1.83 bits per heavy atom. The van der Waals surface area contributed by atoms with E-state index in [1.165, 1.54) is 12.1 Å². The van der Waals surface area contributed by atoms with E-state index in [0.717, 1.165) is 44.8 Å². The van der Waals surface area contributed by atoms with Crippen molar-refractivity contribution in [3.05, 3.63) is 35.4 Å². The fraction of sp³-hybridized carbons (Fsp3) is 0.714. The third-order valence-corrected chi connectivity index (χ3v) is 6.40. The van der Waals surface area contributed by atoms with Crippen LogP contribution in [0.3, 0.4) is 0 Å². The van der Waals surface area contributed by atoms with Crippen LogP contribution < -0.4 is 0 Å². The van der Waals surface area contributed by atoms with E-state index in [9.17, 15) is 18.3 Å². The molecule has 1 aromatic rings. The normalized spacial score (nSPS) is 23.3. The number of alkyl halides is 3. The first-order chi connectivity index (χ1) is 12.7. The highest BCUT2D eigenvalue weighted by Gasteiger charge is 2.41. The van der Waals surface area contributed by atoms with Crippen molar-refractivity contribution in [3.8, 4) is 0 Å². The first-order valence-electron chi connectivity index (χ1n) is 9.97. The molecule has 0 spiro atoms. The quantitative estimate of drug-likeness (QED) is 0.677. The van der Waals surface area contributed by atoms with Crippen LogP contribution >= 0.6 is 24.8 Å². The number of hydrogen-bond acceptors (Lipinski definition) is 3. The molecule has 0 amide bonds. The molecule has 1 aliphatic carbocycles. The number of nitrogens with zero attached hydrogens (tertiary/aromatic N) is 2. The molecule has 2 atom stereocenters. The van der Waals surface area contributed by atoms with Crippen LogP contribution in [0.15, 0.2) is 24.3 Å². The number of rotatable bonds is 5. The molecule has 0 aromatic heterocycles. The molecule has 8 heteroatoms. The van der Waals surface area contributed by atoms with Crippen molar-refractivity contribution in [2.24, 2.45) is 0 Å². The van der Waals surface area contributed by atoms with Gasteiger partial charge < -0.3 is 14.9 Å². The summed E-state index contributed by atoms with van der Waals surface area (Å²) in [6.07, 6.45) is 0.987. The third-order valence-electron chi connectivity index (χ3n) is 6.40. The Bertz CT molecular complexity index is 637. The molecule has 1 aliphatic heterocycles. The van der Waals surface area contributed by atoms with E-state index in [0.29, 0.717) is 31.0 Å². The Balaban J connectivity index is 0.00000210. The molecule has 3 nitrogen and oxygen atoms in total. The number of halogens is 5. The number of benzene rings is 1. The van der Waals surface area contributed by atoms with Crippen molar-refractivity contribution in [1.29, 1.82) is 0 Å². The lowest BCUT2D eigenvalue weighted by Crippen LogP contribution is -2.44. The Labute approximate surface area is 184 Å². The molecule has 0 radical (unpaired) electrons. The first kappa shape index (κ1) is 26.5. The Morgan fingerprint density at radius 1 is 1.17 bits per heavy atom. The summed E-state index contributed by atoms with van der Waals surface area (Å²) in [7, 11) is 4.13. The average molecular weight is 457 g/mol. The van der Waals surface area contributed by atoms with Gasteiger partial charge >= 0.3 is 6.18 Å². The van der Waals surface area contributed by atoms with Gasteiger partial charge in [0.1, 0.15) is 0 Å². The molecule has 0 bridgehead atoms. The first-order valence-corrected chi connectivity index (χ1v) is 9.97. The van der Waals surface area contributed by atoms with Crippen LogP contribution in [0.2, 0.25) is 0 Å². The summed E-state index contributed by atoms with van der Waals surface area (Å²) in [6.45, 7) is 2.44. The largest absolute Gasteiger partial charge is 0.416 e. The van der Waals surface area contributed by atoms with Crippen molar-refractivity contribution >= 4 is 24.8 Å². The number of aliphatic hydroxyl groups is 1. The van der Waals surface area contributed by atoms with Crippen molar-refractivity contribution in [3.63, 3.8) is 0 Å². The van der Waals surface area contributed by atoms with Crippen molar-refractivity contribution in [1.82, 2.24) is 9.80 Å². The van der Waals surface area contributed by atoms with Gasteiger partial charge in [-0.25, -0.2) is 0 Å². The zero-order valence-corrected chi connectivity index (χ0v) is 18.8. The Hall–Kier alpha value is -0.530. The molecule has 1 unspecified atom stereocenters. The number of likely N-dealkylation sites (N-methyl/N-ethyl adjacent to an activating group) is 1. The second-order valence-electron chi connectivity index (χ2n) is 8.51. The van der Waals surface area contributed by atoms with Gasteiger partial charge in [0.25, 0.3) is 0 Å². The molecule has 1 saturated heterocycles. The lowest BCUT2D eigenvalue weighted by Gasteiger charge is -2.41. The molecule has 168 valence electrons. The lowest BCUT2D eigenvalue weighted by atomic mass is 9.72. The average Bonchev–Trinajstić information content (AvgIpc) is 3.09. The van der Waals surface area contributed by atoms with E-state index in [2.05, 4.69) is 23.9 Å². The molecule has 1 N–H and O–H groups in total. The van der Waals surface area contributed by atoms with E-state index < -0.39 is 17.3 Å². The van der Waals surface area contributed by atoms with E-state index in [1.54, 1.807) is 6.07 Å². The Kier molecular flexibility index (Phi) is 9.75. The molecule has 1 saturated carbocycles. The van der Waals surface area contributed by atoms with Crippen molar-refractivity contribution < 1.29 is 18.3 Å². The monoisotopic (exact) mass is 456 g/mol. The van der Waals surface area contributed by atoms with Crippen LogP contribution in [-0.4, -0.2) is 60.3 Å². The van der Waals surface area contributed by atoms with E-state index in [-0.39, 0.29) is 30.7 Å². The fourth-order valence-corrected chi connectivity index (χ4v) is 4.69. The maximum Gasteiger partial charge on any atom is 0.416 e. The molecular weight excluding hydrogens is 424 g/mol. The van der Waals surface area contributed by atoms with Gasteiger partial charge in [0, 0.05) is 25.0 Å². The second-order valence-corrected chi connectivity index (χ2v) is 8.51. The summed E-state index contributed by atoms with van der Waals surface area (Å²) < 4.78 is 39.7. The van der Waals surface area contributed by atoms with Gasteiger partial charge in [0.2, 0.25) is 0 Å². The lowest BCUT2D eigenvalue weighted by molar-refractivity contribution is -0.137. The molecule has 2 fully saturated rings. The summed E-state index contributed by atoms with van der Waals surface area (Å²) in [5, 5.41) is 11.4. The van der Waals surface area contributed by atoms with E-state index >= 15 is 0 Å². The fourth-order valence-electron chi connectivity index (χ4n) is 4.69. The topological polar surface area (TPSA) is 26.7 Å². The number of hydrogen-bond donors (Lipinski definition) is 1. The summed E-state index contributed by atoms with van der Waals surface area (Å²) >= 11 is 0. The highest BCUT2D eigenvalue weighted by molar-refractivity contribution is 5.85. The summed E-state index contributed by atoms with van der Waals surface area (Å²) in [6, 6.07) is 6.06. The molecule has 3 rings (SSSR count). The van der Waals surface area contributed by atoms with Gasteiger partial charge in [0.15, 0.2) is 0 Å². The molecule has 2 aliphatic rings. The smallest absolute Gasteiger partial charge is 0.389 e. The van der Waals surface area contributed by atoms with E-state index in [1.807, 2.05) is 0 Å². The summed E-state index contributed by atoms with van der Waals surface area (Å²) in [5.41, 5.74) is -0.932. The predicted molar refractivity (Wildman–Crippen MR) is 115 cm³/mol. The van der Waals surface area contributed by atoms with Crippen LogP contribution in [0.1, 0.15) is 55.6 Å². The van der Waals surface area contributed by atoms with Crippen LogP contribution in [0.5, 0.6) is 0 Å². The minimum Gasteiger partial charge on any atom is -0.389 e. The minimum absolute atomic E-state index is 0. The summed E-state index contributed by atoms with van der Waals surface area (Å²) in [5.74, 6) is -0.291. The molecular formula is C21H33Cl2F3N2O. The third kappa shape index (κ3) is 6.47. The van der Waals surface area contributed by atoms with Crippen molar-refractivity contribution in [2.75, 3.05) is 33.7 Å². The molecule has 1 aromatic carbocycles. The van der Waals surface area contributed by atoms with Crippen LogP contribution in [0.25, 0.3) is 0 Å². The van der Waals surface area contributed by atoms with Gasteiger partial charge in [-0.3, -0.25) is 0 Å². The zero-order valence-electron chi connectivity index (χ0n) is 17.1. The van der Waals surface area contributed by atoms with Crippen molar-refractivity contribution in [2.45, 2.75) is 62.3 Å². The maximum absolute atomic E-state index is 13.2. The molecule has 29 heavy (non-hydrogen) atoms. The minimum atomic E-state index is -4.36.